The first-order chi connectivity index (χ1) is 13.7. The summed E-state index contributed by atoms with van der Waals surface area (Å²) >= 11 is 0. The molecule has 9 heteroatoms. The lowest BCUT2D eigenvalue weighted by Crippen LogP contribution is -2.53. The minimum Gasteiger partial charge on any atom is -0.308 e. The number of benzene rings is 1. The molecule has 1 fully saturated rings. The molecule has 0 unspecified atom stereocenters. The van der Waals surface area contributed by atoms with Crippen molar-refractivity contribution in [2.75, 3.05) is 36.5 Å². The number of pyridine rings is 1. The Morgan fingerprint density at radius 1 is 1.17 bits per heavy atom. The number of carbonyl (C=O) groups excluding carboxylic acids is 1. The Bertz CT molecular complexity index is 962. The van der Waals surface area contributed by atoms with Crippen LogP contribution in [0.3, 0.4) is 0 Å². The average Bonchev–Trinajstić information content (AvgIpc) is 2.63. The molecule has 8 nitrogen and oxygen atoms in total. The van der Waals surface area contributed by atoms with Crippen LogP contribution in [0.4, 0.5) is 16.2 Å². The molecule has 3 rings (SSSR count). The van der Waals surface area contributed by atoms with Crippen molar-refractivity contribution in [1.29, 1.82) is 0 Å². The third-order valence-electron chi connectivity index (χ3n) is 4.84. The number of urea groups is 1. The lowest BCUT2D eigenvalue weighted by atomic mass is 10.1. The van der Waals surface area contributed by atoms with E-state index >= 15 is 0 Å². The van der Waals surface area contributed by atoms with E-state index in [-0.39, 0.29) is 12.1 Å². The van der Waals surface area contributed by atoms with Gasteiger partial charge in [0, 0.05) is 43.6 Å². The Morgan fingerprint density at radius 3 is 2.59 bits per heavy atom. The number of rotatable bonds is 5. The number of aryl methyl sites for hydroxylation is 1. The number of aromatic nitrogens is 1. The van der Waals surface area contributed by atoms with Gasteiger partial charge in [-0.3, -0.25) is 9.88 Å². The smallest absolute Gasteiger partial charge is 0.308 e. The number of amides is 2. The van der Waals surface area contributed by atoms with Gasteiger partial charge in [-0.2, -0.15) is 4.31 Å². The van der Waals surface area contributed by atoms with Crippen molar-refractivity contribution in [2.24, 2.45) is 0 Å². The normalized spacial score (nSPS) is 18.4. The minimum absolute atomic E-state index is 0.0612. The second-order valence-electron chi connectivity index (χ2n) is 7.43. The Morgan fingerprint density at radius 2 is 1.93 bits per heavy atom. The summed E-state index contributed by atoms with van der Waals surface area (Å²) in [5.41, 5.74) is 3.26. The van der Waals surface area contributed by atoms with E-state index in [4.69, 9.17) is 0 Å². The number of piperazine rings is 1. The molecule has 0 radical (unpaired) electrons. The standard InChI is InChI=1S/C20H27N5O3S/c1-15-7-8-19(12-21-15)23-20(26)22-18-6-4-5-17(11-18)14-24-9-10-25(16(2)13-24)29(3,27)28/h4-8,11-12,16H,9-10,13-14H2,1-3H3,(H2,22,23,26)/t16-/m1/s1. The second-order valence-corrected chi connectivity index (χ2v) is 9.36. The van der Waals surface area contributed by atoms with E-state index in [1.54, 1.807) is 16.6 Å². The highest BCUT2D eigenvalue weighted by atomic mass is 32.2. The average molecular weight is 418 g/mol. The molecule has 1 atom stereocenters. The Balaban J connectivity index is 1.57. The number of carbonyl (C=O) groups is 1. The molecule has 0 saturated carbocycles. The fourth-order valence-electron chi connectivity index (χ4n) is 3.49. The molecular weight excluding hydrogens is 390 g/mol. The minimum atomic E-state index is -3.17. The molecule has 156 valence electrons. The van der Waals surface area contributed by atoms with Crippen LogP contribution in [0.25, 0.3) is 0 Å². The zero-order valence-electron chi connectivity index (χ0n) is 16.9. The first-order valence-corrected chi connectivity index (χ1v) is 11.3. The number of sulfonamides is 1. The monoisotopic (exact) mass is 417 g/mol. The van der Waals surface area contributed by atoms with Crippen LogP contribution in [-0.2, 0) is 16.6 Å². The van der Waals surface area contributed by atoms with Gasteiger partial charge >= 0.3 is 6.03 Å². The molecule has 1 aromatic heterocycles. The van der Waals surface area contributed by atoms with Gasteiger partial charge in [0.2, 0.25) is 10.0 Å². The number of hydrogen-bond donors (Lipinski definition) is 2. The summed E-state index contributed by atoms with van der Waals surface area (Å²) in [6.45, 7) is 6.35. The molecule has 1 aromatic carbocycles. The number of anilines is 2. The maximum absolute atomic E-state index is 12.2. The van der Waals surface area contributed by atoms with E-state index in [0.717, 1.165) is 11.3 Å². The van der Waals surface area contributed by atoms with Crippen LogP contribution in [0.5, 0.6) is 0 Å². The molecular formula is C20H27N5O3S. The van der Waals surface area contributed by atoms with Crippen LogP contribution in [-0.4, -0.2) is 60.6 Å². The predicted octanol–water partition coefficient (Wildman–Crippen LogP) is 2.50. The van der Waals surface area contributed by atoms with Crippen LogP contribution >= 0.6 is 0 Å². The Hall–Kier alpha value is -2.49. The van der Waals surface area contributed by atoms with Crippen molar-refractivity contribution in [3.05, 3.63) is 53.9 Å². The summed E-state index contributed by atoms with van der Waals surface area (Å²) < 4.78 is 25.2. The van der Waals surface area contributed by atoms with Gasteiger partial charge in [-0.15, -0.1) is 0 Å². The van der Waals surface area contributed by atoms with Crippen LogP contribution in [0.15, 0.2) is 42.6 Å². The highest BCUT2D eigenvalue weighted by Crippen LogP contribution is 2.18. The van der Waals surface area contributed by atoms with E-state index in [2.05, 4.69) is 20.5 Å². The molecule has 0 aliphatic carbocycles. The highest BCUT2D eigenvalue weighted by molar-refractivity contribution is 7.88. The Kier molecular flexibility index (Phi) is 6.51. The molecule has 1 aliphatic rings. The van der Waals surface area contributed by atoms with Crippen LogP contribution in [0.2, 0.25) is 0 Å². The molecule has 29 heavy (non-hydrogen) atoms. The molecule has 2 heterocycles. The van der Waals surface area contributed by atoms with Crippen LogP contribution in [0.1, 0.15) is 18.2 Å². The molecule has 2 amide bonds. The van der Waals surface area contributed by atoms with Gasteiger partial charge < -0.3 is 10.6 Å². The van der Waals surface area contributed by atoms with Crippen molar-refractivity contribution in [3.8, 4) is 0 Å². The van der Waals surface area contributed by atoms with Gasteiger partial charge in [-0.1, -0.05) is 12.1 Å². The fourth-order valence-corrected chi connectivity index (χ4v) is 4.63. The van der Waals surface area contributed by atoms with Crippen molar-refractivity contribution in [2.45, 2.75) is 26.4 Å². The summed E-state index contributed by atoms with van der Waals surface area (Å²) in [5, 5.41) is 5.59. The maximum Gasteiger partial charge on any atom is 0.323 e. The lowest BCUT2D eigenvalue weighted by Gasteiger charge is -2.38. The van der Waals surface area contributed by atoms with Gasteiger partial charge in [-0.05, 0) is 43.7 Å². The molecule has 2 N–H and O–H groups in total. The van der Waals surface area contributed by atoms with Gasteiger partial charge in [0.05, 0.1) is 18.1 Å². The summed E-state index contributed by atoms with van der Waals surface area (Å²) in [5.74, 6) is 0. The third kappa shape index (κ3) is 5.99. The van der Waals surface area contributed by atoms with Crippen molar-refractivity contribution >= 4 is 27.4 Å². The van der Waals surface area contributed by atoms with Gasteiger partial charge in [0.1, 0.15) is 0 Å². The molecule has 0 bridgehead atoms. The van der Waals surface area contributed by atoms with E-state index in [0.29, 0.717) is 37.6 Å². The summed E-state index contributed by atoms with van der Waals surface area (Å²) in [7, 11) is -3.17. The zero-order chi connectivity index (χ0) is 21.0. The molecule has 2 aromatic rings. The summed E-state index contributed by atoms with van der Waals surface area (Å²) in [4.78, 5) is 18.6. The molecule has 1 aliphatic heterocycles. The number of nitrogens with zero attached hydrogens (tertiary/aromatic N) is 3. The molecule has 1 saturated heterocycles. The summed E-state index contributed by atoms with van der Waals surface area (Å²) in [6, 6.07) is 10.9. The number of hydrogen-bond acceptors (Lipinski definition) is 5. The first kappa shape index (κ1) is 21.2. The van der Waals surface area contributed by atoms with Gasteiger partial charge in [0.15, 0.2) is 0 Å². The second kappa shape index (κ2) is 8.89. The van der Waals surface area contributed by atoms with E-state index in [1.165, 1.54) is 6.26 Å². The van der Waals surface area contributed by atoms with Crippen LogP contribution in [0, 0.1) is 6.92 Å². The van der Waals surface area contributed by atoms with Crippen molar-refractivity contribution in [3.63, 3.8) is 0 Å². The fraction of sp³-hybridized carbons (Fsp3) is 0.400. The lowest BCUT2D eigenvalue weighted by molar-refractivity contribution is 0.138. The molecule has 0 spiro atoms. The Labute approximate surface area is 172 Å². The highest BCUT2D eigenvalue weighted by Gasteiger charge is 2.29. The zero-order valence-corrected chi connectivity index (χ0v) is 17.7. The third-order valence-corrected chi connectivity index (χ3v) is 6.23. The van der Waals surface area contributed by atoms with Gasteiger partial charge in [0.25, 0.3) is 0 Å². The SMILES string of the molecule is Cc1ccc(NC(=O)Nc2cccc(CN3CCN(S(C)(=O)=O)[C@H](C)C3)c2)cn1. The largest absolute Gasteiger partial charge is 0.323 e. The van der Waals surface area contributed by atoms with E-state index in [1.807, 2.05) is 44.2 Å². The predicted molar refractivity (Wildman–Crippen MR) is 114 cm³/mol. The topological polar surface area (TPSA) is 94.6 Å². The van der Waals surface area contributed by atoms with Crippen molar-refractivity contribution < 1.29 is 13.2 Å². The van der Waals surface area contributed by atoms with Gasteiger partial charge in [-0.25, -0.2) is 13.2 Å². The van der Waals surface area contributed by atoms with Crippen LogP contribution < -0.4 is 10.6 Å². The van der Waals surface area contributed by atoms with E-state index < -0.39 is 10.0 Å². The quantitative estimate of drug-likeness (QED) is 0.779. The number of nitrogens with one attached hydrogen (secondary N) is 2. The summed E-state index contributed by atoms with van der Waals surface area (Å²) in [6.07, 6.45) is 2.87. The first-order valence-electron chi connectivity index (χ1n) is 9.49. The maximum atomic E-state index is 12.2. The van der Waals surface area contributed by atoms with E-state index in [9.17, 15) is 13.2 Å². The van der Waals surface area contributed by atoms with Crippen molar-refractivity contribution in [1.82, 2.24) is 14.2 Å².